The Hall–Kier alpha value is -2.21. The molecule has 26 heavy (non-hydrogen) atoms. The van der Waals surface area contributed by atoms with Gasteiger partial charge in [-0.1, -0.05) is 12.1 Å². The summed E-state index contributed by atoms with van der Waals surface area (Å²) in [6.45, 7) is 0. The van der Waals surface area contributed by atoms with E-state index in [0.29, 0.717) is 35.0 Å². The largest absolute Gasteiger partial charge is 0.478 e. The predicted octanol–water partition coefficient (Wildman–Crippen LogP) is 4.19. The number of carbonyl (C=O) groups excluding carboxylic acids is 1. The summed E-state index contributed by atoms with van der Waals surface area (Å²) in [5.41, 5.74) is 0.814. The van der Waals surface area contributed by atoms with Crippen molar-refractivity contribution >= 4 is 23.6 Å². The van der Waals surface area contributed by atoms with Crippen LogP contribution in [-0.4, -0.2) is 23.0 Å². The number of thioether (sulfide) groups is 1. The Morgan fingerprint density at radius 3 is 2.46 bits per heavy atom. The Labute approximate surface area is 156 Å². The van der Waals surface area contributed by atoms with Crippen molar-refractivity contribution in [3.8, 4) is 0 Å². The Morgan fingerprint density at radius 2 is 1.81 bits per heavy atom. The molecule has 0 aliphatic heterocycles. The van der Waals surface area contributed by atoms with Gasteiger partial charge in [-0.2, -0.15) is 0 Å². The van der Waals surface area contributed by atoms with Gasteiger partial charge < -0.3 is 14.8 Å². The second kappa shape index (κ2) is 7.19. The molecule has 0 bridgehead atoms. The van der Waals surface area contributed by atoms with E-state index >= 15 is 0 Å². The summed E-state index contributed by atoms with van der Waals surface area (Å²) >= 11 is 1.42. The van der Waals surface area contributed by atoms with Crippen molar-refractivity contribution in [1.82, 2.24) is 5.32 Å². The molecule has 0 unspecified atom stereocenters. The summed E-state index contributed by atoms with van der Waals surface area (Å²) < 4.78 is 5.29. The van der Waals surface area contributed by atoms with Crippen molar-refractivity contribution in [3.05, 3.63) is 53.5 Å². The summed E-state index contributed by atoms with van der Waals surface area (Å²) in [6, 6.07) is 9.23. The molecule has 6 heteroatoms. The number of nitrogens with one attached hydrogen (secondary N) is 1. The van der Waals surface area contributed by atoms with Gasteiger partial charge >= 0.3 is 5.97 Å². The Kier molecular flexibility index (Phi) is 4.76. The first kappa shape index (κ1) is 17.2. The van der Waals surface area contributed by atoms with Crippen LogP contribution in [0.25, 0.3) is 0 Å². The van der Waals surface area contributed by atoms with Crippen LogP contribution in [0.5, 0.6) is 0 Å². The van der Waals surface area contributed by atoms with E-state index in [1.54, 1.807) is 0 Å². The van der Waals surface area contributed by atoms with Crippen LogP contribution in [0.1, 0.15) is 52.2 Å². The minimum Gasteiger partial charge on any atom is -0.478 e. The van der Waals surface area contributed by atoms with Crippen LogP contribution < -0.4 is 5.32 Å². The monoisotopic (exact) mass is 371 g/mol. The summed E-state index contributed by atoms with van der Waals surface area (Å²) in [6.07, 6.45) is 6.25. The van der Waals surface area contributed by atoms with Crippen LogP contribution >= 0.6 is 11.8 Å². The van der Waals surface area contributed by atoms with E-state index in [9.17, 15) is 14.7 Å². The van der Waals surface area contributed by atoms with E-state index in [-0.39, 0.29) is 11.5 Å². The van der Waals surface area contributed by atoms with Crippen molar-refractivity contribution in [3.63, 3.8) is 0 Å². The fourth-order valence-corrected chi connectivity index (χ4v) is 4.33. The molecule has 1 amide bonds. The molecule has 4 rings (SSSR count). The number of carbonyl (C=O) groups is 2. The number of benzene rings is 1. The van der Waals surface area contributed by atoms with Crippen LogP contribution in [0.4, 0.5) is 0 Å². The highest BCUT2D eigenvalue weighted by Gasteiger charge is 2.42. The fraction of sp³-hybridized carbons (Fsp3) is 0.400. The lowest BCUT2D eigenvalue weighted by molar-refractivity contribution is 0.0694. The number of amides is 1. The summed E-state index contributed by atoms with van der Waals surface area (Å²) in [5.74, 6) is 1.03. The highest BCUT2D eigenvalue weighted by Crippen LogP contribution is 2.44. The number of carboxylic acids is 1. The molecule has 1 aromatic carbocycles. The molecule has 0 radical (unpaired) electrons. The van der Waals surface area contributed by atoms with Crippen LogP contribution in [-0.2, 0) is 5.75 Å². The van der Waals surface area contributed by atoms with E-state index in [2.05, 4.69) is 5.32 Å². The van der Waals surface area contributed by atoms with Crippen molar-refractivity contribution in [2.75, 3.05) is 0 Å². The number of hydrogen-bond acceptors (Lipinski definition) is 4. The van der Waals surface area contributed by atoms with E-state index in [1.165, 1.54) is 49.8 Å². The van der Waals surface area contributed by atoms with Gasteiger partial charge in [0.15, 0.2) is 0 Å². The molecule has 5 nitrogen and oxygen atoms in total. The third-order valence-electron chi connectivity index (χ3n) is 5.02. The fourth-order valence-electron chi connectivity index (χ4n) is 3.33. The average Bonchev–Trinajstić information content (AvgIpc) is 3.56. The molecule has 2 aliphatic rings. The quantitative estimate of drug-likeness (QED) is 0.680. The highest BCUT2D eigenvalue weighted by molar-refractivity contribution is 7.98. The summed E-state index contributed by atoms with van der Waals surface area (Å²) in [4.78, 5) is 24.9. The zero-order chi connectivity index (χ0) is 18.1. The zero-order valence-corrected chi connectivity index (χ0v) is 15.1. The average molecular weight is 371 g/mol. The predicted molar refractivity (Wildman–Crippen MR) is 98.4 cm³/mol. The third kappa shape index (κ3) is 3.80. The molecular formula is C20H21NO4S. The number of carboxylic acid groups (broad SMARTS) is 1. The van der Waals surface area contributed by atoms with Crippen LogP contribution in [0, 0.1) is 11.8 Å². The van der Waals surface area contributed by atoms with Gasteiger partial charge in [-0.3, -0.25) is 4.79 Å². The lowest BCUT2D eigenvalue weighted by Gasteiger charge is -2.18. The lowest BCUT2D eigenvalue weighted by atomic mass is 10.1. The lowest BCUT2D eigenvalue weighted by Crippen LogP contribution is -2.38. The molecule has 0 spiro atoms. The topological polar surface area (TPSA) is 79.5 Å². The van der Waals surface area contributed by atoms with Gasteiger partial charge in [-0.05, 0) is 55.7 Å². The third-order valence-corrected chi connectivity index (χ3v) is 6.10. The van der Waals surface area contributed by atoms with E-state index < -0.39 is 5.97 Å². The van der Waals surface area contributed by atoms with Crippen LogP contribution in [0.3, 0.4) is 0 Å². The highest BCUT2D eigenvalue weighted by atomic mass is 32.2. The number of rotatable bonds is 8. The number of furan rings is 1. The minimum atomic E-state index is -1.00. The standard InChI is InChI=1S/C20H21NO4S/c22-19(21-18(12-5-6-12)13-7-8-13)15-3-1-2-4-17(15)26-11-16-14(20(23)24)9-10-25-16/h1-4,9-10,12-13,18H,5-8,11H2,(H,21,22)(H,23,24). The van der Waals surface area contributed by atoms with E-state index in [4.69, 9.17) is 4.42 Å². The number of hydrogen-bond donors (Lipinski definition) is 2. The van der Waals surface area contributed by atoms with E-state index in [0.717, 1.165) is 4.90 Å². The molecule has 0 saturated heterocycles. The van der Waals surface area contributed by atoms with Gasteiger partial charge in [-0.25, -0.2) is 4.79 Å². The molecule has 0 atom stereocenters. The van der Waals surface area contributed by atoms with Gasteiger partial charge in [0, 0.05) is 10.9 Å². The molecule has 1 heterocycles. The maximum Gasteiger partial charge on any atom is 0.339 e. The Bertz CT molecular complexity index is 811. The SMILES string of the molecule is O=C(NC(C1CC1)C1CC1)c1ccccc1SCc1occc1C(=O)O. The normalized spacial score (nSPS) is 16.7. The van der Waals surface area contributed by atoms with Gasteiger partial charge in [0.25, 0.3) is 5.91 Å². The van der Waals surface area contributed by atoms with Gasteiger partial charge in [0.2, 0.25) is 0 Å². The Balaban J connectivity index is 1.46. The molecule has 2 saturated carbocycles. The van der Waals surface area contributed by atoms with Gasteiger partial charge in [-0.15, -0.1) is 11.8 Å². The first-order chi connectivity index (χ1) is 12.6. The second-order valence-electron chi connectivity index (χ2n) is 7.02. The van der Waals surface area contributed by atoms with E-state index in [1.807, 2.05) is 24.3 Å². The van der Waals surface area contributed by atoms with Gasteiger partial charge in [0.1, 0.15) is 11.3 Å². The first-order valence-corrected chi connectivity index (χ1v) is 9.94. The zero-order valence-electron chi connectivity index (χ0n) is 14.3. The molecule has 2 aliphatic carbocycles. The smallest absolute Gasteiger partial charge is 0.339 e. The molecule has 2 N–H and O–H groups in total. The summed E-state index contributed by atoms with van der Waals surface area (Å²) in [5, 5.41) is 12.4. The van der Waals surface area contributed by atoms with Gasteiger partial charge in [0.05, 0.1) is 17.6 Å². The first-order valence-electron chi connectivity index (χ1n) is 8.96. The van der Waals surface area contributed by atoms with Crippen LogP contribution in [0.15, 0.2) is 45.9 Å². The van der Waals surface area contributed by atoms with Crippen molar-refractivity contribution < 1.29 is 19.1 Å². The summed E-state index contributed by atoms with van der Waals surface area (Å²) in [7, 11) is 0. The second-order valence-corrected chi connectivity index (χ2v) is 8.04. The maximum atomic E-state index is 12.8. The molecule has 2 fully saturated rings. The van der Waals surface area contributed by atoms with Crippen molar-refractivity contribution in [1.29, 1.82) is 0 Å². The van der Waals surface area contributed by atoms with Crippen molar-refractivity contribution in [2.45, 2.75) is 42.4 Å². The Morgan fingerprint density at radius 1 is 1.12 bits per heavy atom. The molecule has 136 valence electrons. The number of aromatic carboxylic acids is 1. The molecular weight excluding hydrogens is 350 g/mol. The molecule has 2 aromatic rings. The minimum absolute atomic E-state index is 0.0326. The van der Waals surface area contributed by atoms with Crippen LogP contribution in [0.2, 0.25) is 0 Å². The molecule has 1 aromatic heterocycles. The maximum absolute atomic E-state index is 12.8. The van der Waals surface area contributed by atoms with Crippen molar-refractivity contribution in [2.24, 2.45) is 11.8 Å².